The zero-order chi connectivity index (χ0) is 27.6. The van der Waals surface area contributed by atoms with Crippen LogP contribution in [-0.4, -0.2) is 9.97 Å². The molecule has 0 N–H and O–H groups in total. The Kier molecular flexibility index (Phi) is 5.20. The predicted molar refractivity (Wildman–Crippen MR) is 171 cm³/mol. The van der Waals surface area contributed by atoms with E-state index in [0.29, 0.717) is 0 Å². The van der Waals surface area contributed by atoms with Gasteiger partial charge >= 0.3 is 0 Å². The molecule has 0 unspecified atom stereocenters. The van der Waals surface area contributed by atoms with E-state index < -0.39 is 0 Å². The lowest BCUT2D eigenvalue weighted by Crippen LogP contribution is -2.17. The summed E-state index contributed by atoms with van der Waals surface area (Å²) in [6.07, 6.45) is 0. The molecule has 1 heterocycles. The smallest absolute Gasteiger partial charge is 0.160 e. The Labute approximate surface area is 240 Å². The van der Waals surface area contributed by atoms with Crippen LogP contribution in [0.2, 0.25) is 0 Å². The highest BCUT2D eigenvalue weighted by molar-refractivity contribution is 6.00. The monoisotopic (exact) mass is 524 g/mol. The zero-order valence-corrected chi connectivity index (χ0v) is 23.1. The van der Waals surface area contributed by atoms with Crippen LogP contribution >= 0.6 is 0 Å². The minimum Gasteiger partial charge on any atom is -0.228 e. The minimum absolute atomic E-state index is 0.259. The largest absolute Gasteiger partial charge is 0.228 e. The lowest BCUT2D eigenvalue weighted by atomic mass is 9.80. The van der Waals surface area contributed by atoms with Gasteiger partial charge in [0.15, 0.2) is 5.82 Å². The minimum atomic E-state index is -0.259. The quantitative estimate of drug-likeness (QED) is 0.230. The number of hydrogen-bond acceptors (Lipinski definition) is 2. The molecule has 2 nitrogen and oxygen atoms in total. The second-order valence-electron chi connectivity index (χ2n) is 11.5. The van der Waals surface area contributed by atoms with Gasteiger partial charge < -0.3 is 0 Å². The van der Waals surface area contributed by atoms with E-state index in [2.05, 4.69) is 147 Å². The maximum absolute atomic E-state index is 5.41. The van der Waals surface area contributed by atoms with Gasteiger partial charge in [-0.15, -0.1) is 0 Å². The van der Waals surface area contributed by atoms with E-state index in [9.17, 15) is 0 Å². The summed E-state index contributed by atoms with van der Waals surface area (Å²) < 4.78 is 0. The van der Waals surface area contributed by atoms with Gasteiger partial charge in [-0.25, -0.2) is 9.97 Å². The Balaban J connectivity index is 1.45. The molecule has 7 aromatic rings. The number of benzene rings is 6. The fourth-order valence-electron chi connectivity index (χ4n) is 6.56. The highest BCUT2D eigenvalue weighted by atomic mass is 14.9. The van der Waals surface area contributed by atoms with E-state index in [1.807, 2.05) is 0 Å². The number of nitrogens with zero attached hydrogens (tertiary/aromatic N) is 2. The van der Waals surface area contributed by atoms with Crippen molar-refractivity contribution in [2.24, 2.45) is 0 Å². The first-order valence-corrected chi connectivity index (χ1v) is 14.2. The Bertz CT molecular complexity index is 2120. The molecule has 8 rings (SSSR count). The third-order valence-electron chi connectivity index (χ3n) is 8.62. The number of aromatic nitrogens is 2. The molecule has 0 bridgehead atoms. The molecule has 1 aliphatic rings. The highest BCUT2D eigenvalue weighted by Crippen LogP contribution is 2.53. The molecule has 0 radical (unpaired) electrons. The van der Waals surface area contributed by atoms with E-state index >= 15 is 0 Å². The number of rotatable bonds is 3. The third-order valence-corrected chi connectivity index (χ3v) is 8.62. The van der Waals surface area contributed by atoms with Crippen LogP contribution in [0, 0.1) is 0 Å². The van der Waals surface area contributed by atoms with Gasteiger partial charge in [0, 0.05) is 27.7 Å². The Morgan fingerprint density at radius 2 is 1.05 bits per heavy atom. The molecule has 6 aromatic carbocycles. The first kappa shape index (κ1) is 23.8. The van der Waals surface area contributed by atoms with Gasteiger partial charge in [0.05, 0.1) is 11.4 Å². The Morgan fingerprint density at radius 3 is 1.85 bits per heavy atom. The van der Waals surface area contributed by atoms with Crippen molar-refractivity contribution in [2.75, 3.05) is 0 Å². The van der Waals surface area contributed by atoms with Crippen molar-refractivity contribution in [3.05, 3.63) is 145 Å². The van der Waals surface area contributed by atoms with Gasteiger partial charge in [0.1, 0.15) is 0 Å². The summed E-state index contributed by atoms with van der Waals surface area (Å²) in [6, 6.07) is 47.5. The Morgan fingerprint density at radius 1 is 0.463 bits per heavy atom. The van der Waals surface area contributed by atoms with Gasteiger partial charge in [0.25, 0.3) is 0 Å². The van der Waals surface area contributed by atoms with E-state index in [-0.39, 0.29) is 5.41 Å². The standard InChI is InChI=1S/C39H28N2/c1-39(2)34-24-29-16-7-6-15-28(29)23-33(34)37-35(39)36(32-21-11-17-26-14-8-9-20-31(26)32)40-38(41-37)30-19-10-18-27(22-30)25-12-4-3-5-13-25/h3-24H,1-2H3. The summed E-state index contributed by atoms with van der Waals surface area (Å²) >= 11 is 0. The molecular weight excluding hydrogens is 496 g/mol. The van der Waals surface area contributed by atoms with Crippen molar-refractivity contribution in [3.63, 3.8) is 0 Å². The molecule has 0 atom stereocenters. The summed E-state index contributed by atoms with van der Waals surface area (Å²) in [4.78, 5) is 10.8. The van der Waals surface area contributed by atoms with Crippen LogP contribution in [0.4, 0.5) is 0 Å². The number of fused-ring (bicyclic) bond motifs is 5. The van der Waals surface area contributed by atoms with Crippen molar-refractivity contribution in [1.29, 1.82) is 0 Å². The third kappa shape index (κ3) is 3.72. The van der Waals surface area contributed by atoms with Crippen LogP contribution < -0.4 is 0 Å². The summed E-state index contributed by atoms with van der Waals surface area (Å²) in [5, 5.41) is 4.90. The van der Waals surface area contributed by atoms with Crippen molar-refractivity contribution >= 4 is 21.5 Å². The molecule has 0 amide bonds. The van der Waals surface area contributed by atoms with Crippen molar-refractivity contribution in [3.8, 4) is 45.0 Å². The maximum atomic E-state index is 5.41. The highest BCUT2D eigenvalue weighted by Gasteiger charge is 2.40. The normalized spacial score (nSPS) is 13.3. The lowest BCUT2D eigenvalue weighted by molar-refractivity contribution is 0.658. The average molecular weight is 525 g/mol. The topological polar surface area (TPSA) is 25.8 Å². The van der Waals surface area contributed by atoms with Crippen LogP contribution in [0.5, 0.6) is 0 Å². The molecule has 1 aliphatic carbocycles. The zero-order valence-electron chi connectivity index (χ0n) is 23.1. The maximum Gasteiger partial charge on any atom is 0.160 e. The molecule has 0 fully saturated rings. The van der Waals surface area contributed by atoms with Crippen LogP contribution in [0.25, 0.3) is 66.6 Å². The first-order chi connectivity index (χ1) is 20.1. The van der Waals surface area contributed by atoms with E-state index in [1.165, 1.54) is 43.8 Å². The molecule has 1 aromatic heterocycles. The summed E-state index contributed by atoms with van der Waals surface area (Å²) in [5.41, 5.74) is 9.99. The second-order valence-corrected chi connectivity index (χ2v) is 11.5. The van der Waals surface area contributed by atoms with Gasteiger partial charge in [0.2, 0.25) is 0 Å². The van der Waals surface area contributed by atoms with Crippen molar-refractivity contribution in [2.45, 2.75) is 19.3 Å². The van der Waals surface area contributed by atoms with Crippen molar-refractivity contribution < 1.29 is 0 Å². The fraction of sp³-hybridized carbons (Fsp3) is 0.0769. The lowest BCUT2D eigenvalue weighted by Gasteiger charge is -2.24. The molecule has 0 saturated heterocycles. The molecule has 2 heteroatoms. The van der Waals surface area contributed by atoms with E-state index in [1.54, 1.807) is 0 Å². The van der Waals surface area contributed by atoms with Crippen LogP contribution in [0.3, 0.4) is 0 Å². The molecule has 0 aliphatic heterocycles. The van der Waals surface area contributed by atoms with Crippen LogP contribution in [0.1, 0.15) is 25.0 Å². The SMILES string of the molecule is CC1(C)c2cc3ccccc3cc2-c2nc(-c3cccc(-c4ccccc4)c3)nc(-c3cccc4ccccc34)c21. The van der Waals surface area contributed by atoms with Crippen molar-refractivity contribution in [1.82, 2.24) is 9.97 Å². The Hall–Kier alpha value is -5.08. The summed E-state index contributed by atoms with van der Waals surface area (Å²) in [6.45, 7) is 4.64. The van der Waals surface area contributed by atoms with Gasteiger partial charge in [-0.1, -0.05) is 129 Å². The fourth-order valence-corrected chi connectivity index (χ4v) is 6.56. The second kappa shape index (κ2) is 8.97. The van der Waals surface area contributed by atoms with Gasteiger partial charge in [-0.3, -0.25) is 0 Å². The van der Waals surface area contributed by atoms with Gasteiger partial charge in [-0.05, 0) is 56.4 Å². The van der Waals surface area contributed by atoms with E-state index in [4.69, 9.17) is 9.97 Å². The summed E-state index contributed by atoms with van der Waals surface area (Å²) in [7, 11) is 0. The molecule has 0 saturated carbocycles. The molecule has 194 valence electrons. The van der Waals surface area contributed by atoms with Gasteiger partial charge in [-0.2, -0.15) is 0 Å². The number of hydrogen-bond donors (Lipinski definition) is 0. The predicted octanol–water partition coefficient (Wildman–Crippen LogP) is 10.1. The van der Waals surface area contributed by atoms with E-state index in [0.717, 1.165) is 33.9 Å². The average Bonchev–Trinajstić information content (AvgIpc) is 3.25. The van der Waals surface area contributed by atoms with Crippen LogP contribution in [-0.2, 0) is 5.41 Å². The molecule has 41 heavy (non-hydrogen) atoms. The first-order valence-electron chi connectivity index (χ1n) is 14.2. The molecular formula is C39H28N2. The van der Waals surface area contributed by atoms with Crippen LogP contribution in [0.15, 0.2) is 133 Å². The summed E-state index contributed by atoms with van der Waals surface area (Å²) in [5.74, 6) is 0.751. The molecule has 0 spiro atoms.